The molecule has 0 spiro atoms. The first-order valence-electron chi connectivity index (χ1n) is 6.32. The normalized spacial score (nSPS) is 12.4. The molecule has 106 valence electrons. The summed E-state index contributed by atoms with van der Waals surface area (Å²) >= 11 is 0. The van der Waals surface area contributed by atoms with Crippen molar-refractivity contribution >= 4 is 5.91 Å². The van der Waals surface area contributed by atoms with Crippen molar-refractivity contribution in [3.05, 3.63) is 42.0 Å². The van der Waals surface area contributed by atoms with Gasteiger partial charge in [-0.05, 0) is 34.0 Å². The topological polar surface area (TPSA) is 72.7 Å². The number of benzene rings is 1. The van der Waals surface area contributed by atoms with Crippen LogP contribution in [-0.4, -0.2) is 26.1 Å². The van der Waals surface area contributed by atoms with Gasteiger partial charge in [-0.2, -0.15) is 0 Å². The molecule has 0 saturated heterocycles. The lowest BCUT2D eigenvalue weighted by molar-refractivity contribution is -0.123. The zero-order valence-corrected chi connectivity index (χ0v) is 11.3. The SMILES string of the molecule is CC(C)[C@@H](NC(=O)Cn1cnnn1)c1ccc(F)cc1. The van der Waals surface area contributed by atoms with Gasteiger partial charge in [0.05, 0.1) is 6.04 Å². The summed E-state index contributed by atoms with van der Waals surface area (Å²) in [5, 5.41) is 13.5. The summed E-state index contributed by atoms with van der Waals surface area (Å²) < 4.78 is 14.3. The van der Waals surface area contributed by atoms with Gasteiger partial charge in [-0.1, -0.05) is 26.0 Å². The van der Waals surface area contributed by atoms with Crippen molar-refractivity contribution in [3.63, 3.8) is 0 Å². The fourth-order valence-electron chi connectivity index (χ4n) is 1.92. The Hall–Kier alpha value is -2.31. The maximum atomic E-state index is 13.0. The number of tetrazole rings is 1. The van der Waals surface area contributed by atoms with Crippen LogP contribution in [0.3, 0.4) is 0 Å². The van der Waals surface area contributed by atoms with Crippen molar-refractivity contribution in [1.82, 2.24) is 25.5 Å². The van der Waals surface area contributed by atoms with E-state index in [0.29, 0.717) is 0 Å². The van der Waals surface area contributed by atoms with Crippen LogP contribution < -0.4 is 5.32 Å². The molecular weight excluding hydrogens is 261 g/mol. The van der Waals surface area contributed by atoms with Crippen LogP contribution in [0.5, 0.6) is 0 Å². The fraction of sp³-hybridized carbons (Fsp3) is 0.385. The highest BCUT2D eigenvalue weighted by Gasteiger charge is 2.18. The number of rotatable bonds is 5. The second kappa shape index (κ2) is 6.23. The van der Waals surface area contributed by atoms with Crippen LogP contribution in [0, 0.1) is 11.7 Å². The van der Waals surface area contributed by atoms with E-state index in [-0.39, 0.29) is 30.2 Å². The molecule has 0 aliphatic rings. The van der Waals surface area contributed by atoms with E-state index in [1.165, 1.54) is 23.1 Å². The minimum Gasteiger partial charge on any atom is -0.347 e. The summed E-state index contributed by atoms with van der Waals surface area (Å²) in [6.07, 6.45) is 1.38. The molecule has 20 heavy (non-hydrogen) atoms. The lowest BCUT2D eigenvalue weighted by Crippen LogP contribution is -2.34. The number of amides is 1. The number of carbonyl (C=O) groups is 1. The van der Waals surface area contributed by atoms with Crippen molar-refractivity contribution in [1.29, 1.82) is 0 Å². The van der Waals surface area contributed by atoms with E-state index in [2.05, 4.69) is 20.8 Å². The summed E-state index contributed by atoms with van der Waals surface area (Å²) in [5.74, 6) is -0.310. The lowest BCUT2D eigenvalue weighted by Gasteiger charge is -2.22. The molecule has 7 heteroatoms. The lowest BCUT2D eigenvalue weighted by atomic mass is 9.96. The number of nitrogens with one attached hydrogen (secondary N) is 1. The van der Waals surface area contributed by atoms with E-state index in [9.17, 15) is 9.18 Å². The smallest absolute Gasteiger partial charge is 0.242 e. The zero-order chi connectivity index (χ0) is 14.5. The molecule has 2 rings (SSSR count). The molecule has 0 fully saturated rings. The van der Waals surface area contributed by atoms with Crippen LogP contribution in [0.25, 0.3) is 0 Å². The van der Waals surface area contributed by atoms with Crippen LogP contribution in [0.4, 0.5) is 4.39 Å². The highest BCUT2D eigenvalue weighted by Crippen LogP contribution is 2.21. The monoisotopic (exact) mass is 277 g/mol. The van der Waals surface area contributed by atoms with Crippen molar-refractivity contribution in [3.8, 4) is 0 Å². The van der Waals surface area contributed by atoms with Gasteiger partial charge < -0.3 is 5.32 Å². The minimum absolute atomic E-state index is 0.0530. The summed E-state index contributed by atoms with van der Waals surface area (Å²) in [7, 11) is 0. The summed E-state index contributed by atoms with van der Waals surface area (Å²) in [6.45, 7) is 4.04. The molecule has 1 atom stereocenters. The molecule has 0 bridgehead atoms. The molecular formula is C13H16FN5O. The number of hydrogen-bond donors (Lipinski definition) is 1. The molecule has 0 aliphatic carbocycles. The molecule has 0 saturated carbocycles. The third-order valence-electron chi connectivity index (χ3n) is 2.91. The Balaban J connectivity index is 2.05. The van der Waals surface area contributed by atoms with Crippen molar-refractivity contribution in [2.75, 3.05) is 0 Å². The Labute approximate surface area is 116 Å². The first-order chi connectivity index (χ1) is 9.56. The predicted octanol–water partition coefficient (Wildman–Crippen LogP) is 1.33. The fourth-order valence-corrected chi connectivity index (χ4v) is 1.92. The van der Waals surface area contributed by atoms with E-state index < -0.39 is 0 Å². The van der Waals surface area contributed by atoms with Crippen LogP contribution in [-0.2, 0) is 11.3 Å². The van der Waals surface area contributed by atoms with Gasteiger partial charge in [0, 0.05) is 0 Å². The van der Waals surface area contributed by atoms with Crippen LogP contribution in [0.15, 0.2) is 30.6 Å². The number of hydrogen-bond acceptors (Lipinski definition) is 4. The molecule has 0 radical (unpaired) electrons. The van der Waals surface area contributed by atoms with Gasteiger partial charge in [-0.15, -0.1) is 5.10 Å². The third-order valence-corrected chi connectivity index (χ3v) is 2.91. The van der Waals surface area contributed by atoms with Gasteiger partial charge in [0.1, 0.15) is 18.7 Å². The summed E-state index contributed by atoms with van der Waals surface area (Å²) in [5.41, 5.74) is 0.867. The first kappa shape index (κ1) is 14.1. The molecule has 0 aliphatic heterocycles. The van der Waals surface area contributed by atoms with Gasteiger partial charge in [0.15, 0.2) is 0 Å². The van der Waals surface area contributed by atoms with Crippen molar-refractivity contribution in [2.24, 2.45) is 5.92 Å². The Morgan fingerprint density at radius 1 is 1.35 bits per heavy atom. The Kier molecular flexibility index (Phi) is 4.39. The number of halogens is 1. The average molecular weight is 277 g/mol. The van der Waals surface area contributed by atoms with E-state index in [1.54, 1.807) is 12.1 Å². The molecule has 1 aromatic carbocycles. The molecule has 0 unspecified atom stereocenters. The van der Waals surface area contributed by atoms with E-state index in [4.69, 9.17) is 0 Å². The number of nitrogens with zero attached hydrogens (tertiary/aromatic N) is 4. The van der Waals surface area contributed by atoms with E-state index in [1.807, 2.05) is 13.8 Å². The van der Waals surface area contributed by atoms with Gasteiger partial charge in [-0.25, -0.2) is 9.07 Å². The first-order valence-corrected chi connectivity index (χ1v) is 6.32. The van der Waals surface area contributed by atoms with E-state index >= 15 is 0 Å². The number of aromatic nitrogens is 4. The van der Waals surface area contributed by atoms with Gasteiger partial charge in [0.25, 0.3) is 0 Å². The standard InChI is InChI=1S/C13H16FN5O/c1-9(2)13(10-3-5-11(14)6-4-10)16-12(20)7-19-8-15-17-18-19/h3-6,8-9,13H,7H2,1-2H3,(H,16,20)/t13-/m1/s1. The Bertz CT molecular complexity index is 553. The molecule has 1 aromatic heterocycles. The Morgan fingerprint density at radius 3 is 2.60 bits per heavy atom. The summed E-state index contributed by atoms with van der Waals surface area (Å²) in [6, 6.07) is 5.95. The van der Waals surface area contributed by atoms with Gasteiger partial charge >= 0.3 is 0 Å². The quantitative estimate of drug-likeness (QED) is 0.894. The molecule has 1 amide bonds. The van der Waals surface area contributed by atoms with Crippen LogP contribution in [0.1, 0.15) is 25.5 Å². The summed E-state index contributed by atoms with van der Waals surface area (Å²) in [4.78, 5) is 12.0. The zero-order valence-electron chi connectivity index (χ0n) is 11.3. The molecule has 1 heterocycles. The molecule has 2 aromatic rings. The van der Waals surface area contributed by atoms with Gasteiger partial charge in [0.2, 0.25) is 5.91 Å². The van der Waals surface area contributed by atoms with Crippen molar-refractivity contribution in [2.45, 2.75) is 26.4 Å². The molecule has 6 nitrogen and oxygen atoms in total. The number of carbonyl (C=O) groups excluding carboxylic acids is 1. The van der Waals surface area contributed by atoms with Crippen LogP contribution in [0.2, 0.25) is 0 Å². The third kappa shape index (κ3) is 3.59. The highest BCUT2D eigenvalue weighted by atomic mass is 19.1. The predicted molar refractivity (Wildman–Crippen MR) is 69.9 cm³/mol. The van der Waals surface area contributed by atoms with Gasteiger partial charge in [-0.3, -0.25) is 4.79 Å². The maximum absolute atomic E-state index is 13.0. The van der Waals surface area contributed by atoms with Crippen LogP contribution >= 0.6 is 0 Å². The maximum Gasteiger partial charge on any atom is 0.242 e. The highest BCUT2D eigenvalue weighted by molar-refractivity contribution is 5.76. The largest absolute Gasteiger partial charge is 0.347 e. The minimum atomic E-state index is -0.295. The second-order valence-electron chi connectivity index (χ2n) is 4.85. The van der Waals surface area contributed by atoms with Crippen molar-refractivity contribution < 1.29 is 9.18 Å². The average Bonchev–Trinajstić information content (AvgIpc) is 2.90. The second-order valence-corrected chi connectivity index (χ2v) is 4.85. The Morgan fingerprint density at radius 2 is 2.05 bits per heavy atom. The van der Waals surface area contributed by atoms with E-state index in [0.717, 1.165) is 5.56 Å². The molecule has 1 N–H and O–H groups in total.